The van der Waals surface area contributed by atoms with Crippen molar-refractivity contribution in [2.45, 2.75) is 290 Å². The molecule has 0 amide bonds. The van der Waals surface area contributed by atoms with Gasteiger partial charge in [-0.2, -0.15) is 0 Å². The predicted molar refractivity (Wildman–Crippen MR) is 408 cm³/mol. The minimum absolute atomic E-state index is 0.0746. The fourth-order valence-corrected chi connectivity index (χ4v) is 10.9. The van der Waals surface area contributed by atoms with Gasteiger partial charge in [-0.25, -0.2) is 9.13 Å². The molecule has 100 heavy (non-hydrogen) atoms. The predicted octanol–water partition coefficient (Wildman–Crippen LogP) is 21.7. The summed E-state index contributed by atoms with van der Waals surface area (Å²) in [5.74, 6) is -2.40. The van der Waals surface area contributed by atoms with Crippen molar-refractivity contribution in [3.8, 4) is 0 Å². The Morgan fingerprint density at radius 2 is 0.580 bits per heavy atom. The van der Waals surface area contributed by atoms with E-state index < -0.39 is 97.5 Å². The standard InChI is InChI=1S/C81H132O17P2/c1-5-9-13-17-21-25-29-33-35-36-37-38-40-43-46-50-54-58-62-66-79(84)92-72-77(98-81(86)68-64-60-56-52-48-44-39-34-30-26-22-18-14-10-6-2)74-96-100(89,90)94-70-75(82)69-93-99(87,88)95-73-76(97-80(85)67-63-59-55-51-47-42-32-28-24-20-16-12-8-4)71-91-78(83)65-61-57-53-49-45-41-31-27-23-19-15-11-7-3/h9-10,13-15,19,21-22,25-28,31-35,37-39,43,46,48,52,60,64,75-77,82H,5-8,11-12,16-18,20,23-24,29-30,36,40-42,44-45,47,49-51,53-59,61-63,65-74H2,1-4H3,(H,87,88)(H,89,90)/b13-9-,14-10-,19-15-,25-21-,26-22-,31-27-,32-28-,35-33-,38-37-,39-34-,46-43-,52-48-,64-60-. The fraction of sp³-hybridized carbons (Fsp3) is 0.630. The number of carbonyl (C=O) groups excluding carboxylic acids is 4. The van der Waals surface area contributed by atoms with Crippen LogP contribution in [0.2, 0.25) is 0 Å². The van der Waals surface area contributed by atoms with E-state index >= 15 is 0 Å². The highest BCUT2D eigenvalue weighted by molar-refractivity contribution is 7.47. The summed E-state index contributed by atoms with van der Waals surface area (Å²) >= 11 is 0. The Morgan fingerprint density at radius 1 is 0.300 bits per heavy atom. The van der Waals surface area contributed by atoms with E-state index in [1.165, 1.54) is 25.7 Å². The van der Waals surface area contributed by atoms with Crippen LogP contribution < -0.4 is 0 Å². The first-order chi connectivity index (χ1) is 48.7. The molecule has 0 rings (SSSR count). The molecular formula is C81H132O17P2. The number of esters is 4. The van der Waals surface area contributed by atoms with Crippen molar-refractivity contribution in [1.82, 2.24) is 0 Å². The molecule has 0 radical (unpaired) electrons. The maximum absolute atomic E-state index is 13.1. The first-order valence-corrected chi connectivity index (χ1v) is 40.7. The Bertz CT molecular complexity index is 2520. The van der Waals surface area contributed by atoms with Gasteiger partial charge < -0.3 is 33.8 Å². The minimum Gasteiger partial charge on any atom is -0.462 e. The lowest BCUT2D eigenvalue weighted by Crippen LogP contribution is -2.30. The molecule has 0 heterocycles. The van der Waals surface area contributed by atoms with Crippen LogP contribution in [0.4, 0.5) is 0 Å². The first kappa shape index (κ1) is 94.7. The van der Waals surface area contributed by atoms with Crippen molar-refractivity contribution in [2.24, 2.45) is 0 Å². The number of unbranched alkanes of at least 4 members (excludes halogenated alkanes) is 18. The summed E-state index contributed by atoms with van der Waals surface area (Å²) in [6.45, 7) is 4.36. The average molecular weight is 1440 g/mol. The lowest BCUT2D eigenvalue weighted by Gasteiger charge is -2.21. The summed E-state index contributed by atoms with van der Waals surface area (Å²) in [4.78, 5) is 72.7. The van der Waals surface area contributed by atoms with Crippen LogP contribution in [0, 0.1) is 0 Å². The molecule has 0 saturated carbocycles. The lowest BCUT2D eigenvalue weighted by molar-refractivity contribution is -0.161. The van der Waals surface area contributed by atoms with Crippen LogP contribution in [0.5, 0.6) is 0 Å². The number of ether oxygens (including phenoxy) is 4. The van der Waals surface area contributed by atoms with Crippen LogP contribution in [0.15, 0.2) is 158 Å². The summed E-state index contributed by atoms with van der Waals surface area (Å²) in [6, 6.07) is 0. The zero-order valence-corrected chi connectivity index (χ0v) is 63.6. The Labute approximate surface area is 604 Å². The summed E-state index contributed by atoms with van der Waals surface area (Å²) in [6.07, 6.45) is 82.7. The lowest BCUT2D eigenvalue weighted by atomic mass is 10.1. The molecule has 0 fully saturated rings. The average Bonchev–Trinajstić information content (AvgIpc) is 0.946. The number of hydrogen-bond donors (Lipinski definition) is 3. The molecule has 0 aromatic heterocycles. The van der Waals surface area contributed by atoms with Crippen LogP contribution in [-0.4, -0.2) is 96.7 Å². The van der Waals surface area contributed by atoms with Crippen LogP contribution in [0.25, 0.3) is 0 Å². The van der Waals surface area contributed by atoms with Gasteiger partial charge in [-0.05, 0) is 148 Å². The quantitative estimate of drug-likeness (QED) is 0.0169. The van der Waals surface area contributed by atoms with Crippen molar-refractivity contribution in [1.29, 1.82) is 0 Å². The highest BCUT2D eigenvalue weighted by Gasteiger charge is 2.30. The van der Waals surface area contributed by atoms with Crippen molar-refractivity contribution in [3.63, 3.8) is 0 Å². The minimum atomic E-state index is -5.01. The Balaban J connectivity index is 5.47. The number of hydrogen-bond acceptors (Lipinski definition) is 15. The second-order valence-corrected chi connectivity index (χ2v) is 27.4. The van der Waals surface area contributed by atoms with E-state index in [-0.39, 0.29) is 25.7 Å². The maximum atomic E-state index is 13.1. The van der Waals surface area contributed by atoms with E-state index in [0.29, 0.717) is 25.7 Å². The smallest absolute Gasteiger partial charge is 0.462 e. The van der Waals surface area contributed by atoms with Gasteiger partial charge in [0.05, 0.1) is 32.8 Å². The molecule has 568 valence electrons. The summed E-state index contributed by atoms with van der Waals surface area (Å²) < 4.78 is 68.2. The van der Waals surface area contributed by atoms with Crippen molar-refractivity contribution >= 4 is 39.5 Å². The van der Waals surface area contributed by atoms with E-state index in [1.807, 2.05) is 12.2 Å². The molecule has 0 aliphatic carbocycles. The molecule has 0 aromatic rings. The number of rotatable bonds is 69. The van der Waals surface area contributed by atoms with Crippen molar-refractivity contribution < 1.29 is 80.2 Å². The number of aliphatic hydroxyl groups excluding tert-OH is 1. The van der Waals surface area contributed by atoms with Gasteiger partial charge in [-0.1, -0.05) is 256 Å². The molecule has 0 aliphatic rings. The number of phosphoric acid groups is 2. The molecule has 0 saturated heterocycles. The zero-order chi connectivity index (χ0) is 73.2. The molecule has 0 aromatic carbocycles. The molecule has 3 N–H and O–H groups in total. The topological polar surface area (TPSA) is 237 Å². The van der Waals surface area contributed by atoms with E-state index in [2.05, 4.69) is 161 Å². The van der Waals surface area contributed by atoms with Gasteiger partial charge in [0.15, 0.2) is 12.2 Å². The van der Waals surface area contributed by atoms with Crippen molar-refractivity contribution in [2.75, 3.05) is 39.6 Å². The van der Waals surface area contributed by atoms with Gasteiger partial charge in [0.1, 0.15) is 19.3 Å². The molecule has 0 spiro atoms. The summed E-state index contributed by atoms with van der Waals surface area (Å²) in [5.41, 5.74) is 0. The number of carbonyl (C=O) groups is 4. The van der Waals surface area contributed by atoms with Crippen LogP contribution in [0.1, 0.15) is 272 Å². The highest BCUT2D eigenvalue weighted by atomic mass is 31.2. The highest BCUT2D eigenvalue weighted by Crippen LogP contribution is 2.45. The molecule has 0 bridgehead atoms. The normalized spacial score (nSPS) is 14.8. The third-order valence-electron chi connectivity index (χ3n) is 15.0. The van der Waals surface area contributed by atoms with Crippen LogP contribution in [-0.2, 0) is 65.4 Å². The first-order valence-electron chi connectivity index (χ1n) is 37.7. The van der Waals surface area contributed by atoms with E-state index in [0.717, 1.165) is 167 Å². The van der Waals surface area contributed by atoms with E-state index in [9.17, 15) is 43.2 Å². The Morgan fingerprint density at radius 3 is 0.950 bits per heavy atom. The third-order valence-corrected chi connectivity index (χ3v) is 16.9. The third kappa shape index (κ3) is 71.1. The summed E-state index contributed by atoms with van der Waals surface area (Å²) in [7, 11) is -10.0. The van der Waals surface area contributed by atoms with Gasteiger partial charge in [-0.3, -0.25) is 37.3 Å². The van der Waals surface area contributed by atoms with Gasteiger partial charge >= 0.3 is 39.5 Å². The monoisotopic (exact) mass is 1440 g/mol. The van der Waals surface area contributed by atoms with Gasteiger partial charge in [0.25, 0.3) is 0 Å². The van der Waals surface area contributed by atoms with Crippen LogP contribution in [0.3, 0.4) is 0 Å². The van der Waals surface area contributed by atoms with Gasteiger partial charge in [0.2, 0.25) is 0 Å². The second kappa shape index (κ2) is 72.0. The molecule has 5 unspecified atom stereocenters. The molecule has 19 heteroatoms. The molecular weight excluding hydrogens is 1310 g/mol. The molecule has 17 nitrogen and oxygen atoms in total. The van der Waals surface area contributed by atoms with E-state index in [1.54, 1.807) is 12.2 Å². The van der Waals surface area contributed by atoms with Gasteiger partial charge in [0, 0.05) is 19.3 Å². The zero-order valence-electron chi connectivity index (χ0n) is 61.8. The van der Waals surface area contributed by atoms with Crippen LogP contribution >= 0.6 is 15.6 Å². The summed E-state index contributed by atoms with van der Waals surface area (Å²) in [5, 5.41) is 10.6. The second-order valence-electron chi connectivity index (χ2n) is 24.5. The number of allylic oxidation sites excluding steroid dienone is 25. The molecule has 0 aliphatic heterocycles. The number of aliphatic hydroxyl groups is 1. The largest absolute Gasteiger partial charge is 0.472 e. The maximum Gasteiger partial charge on any atom is 0.472 e. The molecule has 5 atom stereocenters. The SMILES string of the molecule is CC/C=C\C/C=C\C/C=C\C/C=C\C/C=C\CCCCCC(=O)OCC(COP(=O)(O)OCC(O)COP(=O)(O)OCC(COC(=O)CCCCCCC/C=C\C/C=C\CCC)OC(=O)CCCCCCC/C=C\CCCCCC)OC(=O)C/C=C\C/C=C\C/C=C\C/C=C\C/C=C\CC. The Kier molecular flexibility index (Phi) is 68.2. The Hall–Kier alpha value is -5.32. The van der Waals surface area contributed by atoms with E-state index in [4.69, 9.17) is 37.0 Å². The van der Waals surface area contributed by atoms with Crippen molar-refractivity contribution in [3.05, 3.63) is 158 Å². The number of phosphoric ester groups is 2. The van der Waals surface area contributed by atoms with Gasteiger partial charge in [-0.15, -0.1) is 0 Å². The fourth-order valence-electron chi connectivity index (χ4n) is 9.29.